The zero-order valence-corrected chi connectivity index (χ0v) is 16.0. The quantitative estimate of drug-likeness (QED) is 0.692. The topological polar surface area (TPSA) is 45.7 Å². The fourth-order valence-corrected chi connectivity index (χ4v) is 3.91. The normalized spacial score (nSPS) is 14.3. The maximum absolute atomic E-state index is 12.8. The molecule has 2 aromatic heterocycles. The van der Waals surface area contributed by atoms with E-state index >= 15 is 0 Å². The average Bonchev–Trinajstić information content (AvgIpc) is 3.28. The Balaban J connectivity index is 1.39. The highest BCUT2D eigenvalue weighted by atomic mass is 32.1. The van der Waals surface area contributed by atoms with Gasteiger partial charge in [0.1, 0.15) is 5.75 Å². The molecule has 0 aliphatic carbocycles. The number of thiophene rings is 1. The number of hydrogen-bond donors (Lipinski definition) is 0. The van der Waals surface area contributed by atoms with Crippen LogP contribution in [0.5, 0.6) is 5.75 Å². The fraction of sp³-hybridized carbons (Fsp3) is 0.238. The van der Waals surface area contributed by atoms with E-state index in [0.29, 0.717) is 18.7 Å². The number of carbonyl (C=O) groups is 1. The van der Waals surface area contributed by atoms with E-state index in [9.17, 15) is 4.79 Å². The predicted molar refractivity (Wildman–Crippen MR) is 109 cm³/mol. The van der Waals surface area contributed by atoms with Crippen LogP contribution in [0.4, 0.5) is 5.69 Å². The van der Waals surface area contributed by atoms with Gasteiger partial charge in [-0.05, 0) is 35.7 Å². The van der Waals surface area contributed by atoms with Crippen LogP contribution in [0.15, 0.2) is 59.4 Å². The lowest BCUT2D eigenvalue weighted by Crippen LogP contribution is -2.48. The summed E-state index contributed by atoms with van der Waals surface area (Å²) in [5, 5.41) is 4.08. The van der Waals surface area contributed by atoms with E-state index in [1.165, 1.54) is 0 Å². The molecule has 3 heterocycles. The highest BCUT2D eigenvalue weighted by molar-refractivity contribution is 7.08. The molecular formula is C21H21N3O2S. The second kappa shape index (κ2) is 7.80. The van der Waals surface area contributed by atoms with Crippen LogP contribution in [0.3, 0.4) is 0 Å². The van der Waals surface area contributed by atoms with Gasteiger partial charge in [0.15, 0.2) is 0 Å². The zero-order chi connectivity index (χ0) is 18.6. The number of hydrogen-bond acceptors (Lipinski definition) is 5. The van der Waals surface area contributed by atoms with Crippen LogP contribution in [-0.4, -0.2) is 49.1 Å². The van der Waals surface area contributed by atoms with Crippen molar-refractivity contribution in [2.24, 2.45) is 0 Å². The molecule has 1 aromatic carbocycles. The van der Waals surface area contributed by atoms with Gasteiger partial charge in [0.25, 0.3) is 5.91 Å². The first kappa shape index (κ1) is 17.5. The van der Waals surface area contributed by atoms with Gasteiger partial charge in [0, 0.05) is 55.1 Å². The summed E-state index contributed by atoms with van der Waals surface area (Å²) in [6, 6.07) is 13.9. The van der Waals surface area contributed by atoms with E-state index in [0.717, 1.165) is 35.8 Å². The summed E-state index contributed by atoms with van der Waals surface area (Å²) in [4.78, 5) is 21.4. The maximum atomic E-state index is 12.8. The lowest BCUT2D eigenvalue weighted by Gasteiger charge is -2.36. The van der Waals surface area contributed by atoms with E-state index in [-0.39, 0.29) is 5.91 Å². The van der Waals surface area contributed by atoms with Crippen molar-refractivity contribution in [3.8, 4) is 17.0 Å². The molecule has 0 atom stereocenters. The highest BCUT2D eigenvalue weighted by Crippen LogP contribution is 2.23. The minimum Gasteiger partial charge on any atom is -0.497 e. The molecule has 0 unspecified atom stereocenters. The molecule has 1 saturated heterocycles. The van der Waals surface area contributed by atoms with Crippen LogP contribution in [0, 0.1) is 0 Å². The first-order valence-corrected chi connectivity index (χ1v) is 9.86. The minimum atomic E-state index is 0.0460. The number of pyridine rings is 1. The fourth-order valence-electron chi connectivity index (χ4n) is 3.26. The number of carbonyl (C=O) groups excluding carboxylic acids is 1. The number of piperazine rings is 1. The molecule has 1 aliphatic heterocycles. The number of amides is 1. The summed E-state index contributed by atoms with van der Waals surface area (Å²) in [6.45, 7) is 3.00. The summed E-state index contributed by atoms with van der Waals surface area (Å²) < 4.78 is 5.30. The standard InChI is InChI=1S/C21H21N3O2S/c1-26-19-4-2-3-18(13-19)23-8-10-24(11-9-23)21(25)16-5-6-20(22-14-16)17-7-12-27-15-17/h2-7,12-15H,8-11H2,1H3. The Labute approximate surface area is 162 Å². The summed E-state index contributed by atoms with van der Waals surface area (Å²) in [5.41, 5.74) is 3.76. The van der Waals surface area contributed by atoms with Gasteiger partial charge in [-0.15, -0.1) is 0 Å². The summed E-state index contributed by atoms with van der Waals surface area (Å²) in [7, 11) is 1.67. The second-order valence-electron chi connectivity index (χ2n) is 6.42. The molecule has 1 aliphatic rings. The monoisotopic (exact) mass is 379 g/mol. The number of benzene rings is 1. The third kappa shape index (κ3) is 3.80. The first-order chi connectivity index (χ1) is 13.2. The average molecular weight is 379 g/mol. The summed E-state index contributed by atoms with van der Waals surface area (Å²) in [6.07, 6.45) is 1.68. The lowest BCUT2D eigenvalue weighted by molar-refractivity contribution is 0.0746. The second-order valence-corrected chi connectivity index (χ2v) is 7.20. The molecule has 0 N–H and O–H groups in total. The number of anilines is 1. The van der Waals surface area contributed by atoms with Crippen molar-refractivity contribution in [2.75, 3.05) is 38.2 Å². The Bertz CT molecular complexity index is 901. The Morgan fingerprint density at radius 1 is 1.11 bits per heavy atom. The third-order valence-electron chi connectivity index (χ3n) is 4.81. The molecule has 1 fully saturated rings. The van der Waals surface area contributed by atoms with Gasteiger partial charge in [-0.25, -0.2) is 0 Å². The van der Waals surface area contributed by atoms with Crippen molar-refractivity contribution < 1.29 is 9.53 Å². The largest absolute Gasteiger partial charge is 0.497 e. The van der Waals surface area contributed by atoms with E-state index in [4.69, 9.17) is 4.74 Å². The van der Waals surface area contributed by atoms with Gasteiger partial charge in [-0.3, -0.25) is 9.78 Å². The Morgan fingerprint density at radius 3 is 2.63 bits per heavy atom. The van der Waals surface area contributed by atoms with Crippen LogP contribution >= 0.6 is 11.3 Å². The highest BCUT2D eigenvalue weighted by Gasteiger charge is 2.22. The summed E-state index contributed by atoms with van der Waals surface area (Å²) in [5.74, 6) is 0.896. The van der Waals surface area contributed by atoms with Crippen molar-refractivity contribution in [3.05, 3.63) is 65.0 Å². The van der Waals surface area contributed by atoms with Crippen LogP contribution < -0.4 is 9.64 Å². The zero-order valence-electron chi connectivity index (χ0n) is 15.2. The van der Waals surface area contributed by atoms with Crippen LogP contribution in [0.2, 0.25) is 0 Å². The van der Waals surface area contributed by atoms with Crippen molar-refractivity contribution in [1.82, 2.24) is 9.88 Å². The Morgan fingerprint density at radius 2 is 1.96 bits per heavy atom. The predicted octanol–water partition coefficient (Wildman–Crippen LogP) is 3.78. The number of methoxy groups -OCH3 is 1. The number of ether oxygens (including phenoxy) is 1. The molecule has 1 amide bonds. The molecule has 4 rings (SSSR count). The van der Waals surface area contributed by atoms with Gasteiger partial charge in [0.05, 0.1) is 18.4 Å². The minimum absolute atomic E-state index is 0.0460. The molecule has 6 heteroatoms. The van der Waals surface area contributed by atoms with Crippen molar-refractivity contribution in [3.63, 3.8) is 0 Å². The first-order valence-electron chi connectivity index (χ1n) is 8.91. The molecule has 0 spiro atoms. The molecule has 3 aromatic rings. The summed E-state index contributed by atoms with van der Waals surface area (Å²) >= 11 is 1.64. The maximum Gasteiger partial charge on any atom is 0.255 e. The van der Waals surface area contributed by atoms with Gasteiger partial charge in [0.2, 0.25) is 0 Å². The van der Waals surface area contributed by atoms with Crippen molar-refractivity contribution in [1.29, 1.82) is 0 Å². The van der Waals surface area contributed by atoms with E-state index < -0.39 is 0 Å². The Hall–Kier alpha value is -2.86. The molecular weight excluding hydrogens is 358 g/mol. The van der Waals surface area contributed by atoms with Crippen molar-refractivity contribution in [2.45, 2.75) is 0 Å². The molecule has 0 saturated carbocycles. The number of aromatic nitrogens is 1. The lowest BCUT2D eigenvalue weighted by atomic mass is 10.1. The van der Waals surface area contributed by atoms with E-state index in [1.54, 1.807) is 24.6 Å². The Kier molecular flexibility index (Phi) is 5.07. The van der Waals surface area contributed by atoms with Gasteiger partial charge >= 0.3 is 0 Å². The van der Waals surface area contributed by atoms with Crippen LogP contribution in [-0.2, 0) is 0 Å². The smallest absolute Gasteiger partial charge is 0.255 e. The number of rotatable bonds is 4. The van der Waals surface area contributed by atoms with Gasteiger partial charge < -0.3 is 14.5 Å². The molecule has 27 heavy (non-hydrogen) atoms. The molecule has 5 nitrogen and oxygen atoms in total. The van der Waals surface area contributed by atoms with Crippen molar-refractivity contribution >= 4 is 22.9 Å². The van der Waals surface area contributed by atoms with Crippen LogP contribution in [0.1, 0.15) is 10.4 Å². The third-order valence-corrected chi connectivity index (χ3v) is 5.50. The van der Waals surface area contributed by atoms with E-state index in [1.807, 2.05) is 46.7 Å². The number of nitrogens with zero attached hydrogens (tertiary/aromatic N) is 3. The van der Waals surface area contributed by atoms with Gasteiger partial charge in [-0.1, -0.05) is 6.07 Å². The molecule has 0 radical (unpaired) electrons. The molecule has 0 bridgehead atoms. The van der Waals surface area contributed by atoms with Crippen LogP contribution in [0.25, 0.3) is 11.3 Å². The van der Waals surface area contributed by atoms with E-state index in [2.05, 4.69) is 21.3 Å². The molecule has 138 valence electrons. The SMILES string of the molecule is COc1cccc(N2CCN(C(=O)c3ccc(-c4ccsc4)nc3)CC2)c1. The van der Waals surface area contributed by atoms with Gasteiger partial charge in [-0.2, -0.15) is 11.3 Å².